The van der Waals surface area contributed by atoms with E-state index in [-0.39, 0.29) is 49.8 Å². The number of phenols is 1. The van der Waals surface area contributed by atoms with E-state index in [4.69, 9.17) is 4.74 Å². The van der Waals surface area contributed by atoms with Gasteiger partial charge in [-0.05, 0) is 29.2 Å². The highest BCUT2D eigenvalue weighted by molar-refractivity contribution is 5.85. The standard InChI is InChI=1S/C17H19F2NO4/c1-24-16(23)14-6-11-2-3-13(21)5-12(11)9-20(14)15(22)4-10-7-17(18,19)8-10/h2-3,5,10,14,21H,4,6-9H2,1H3. The van der Waals surface area contributed by atoms with Crippen molar-refractivity contribution in [3.63, 3.8) is 0 Å². The van der Waals surface area contributed by atoms with Gasteiger partial charge in [-0.3, -0.25) is 4.79 Å². The van der Waals surface area contributed by atoms with E-state index in [2.05, 4.69) is 0 Å². The van der Waals surface area contributed by atoms with Crippen LogP contribution in [0.1, 0.15) is 30.4 Å². The minimum Gasteiger partial charge on any atom is -0.508 e. The molecule has 1 aliphatic carbocycles. The lowest BCUT2D eigenvalue weighted by Gasteiger charge is -2.39. The van der Waals surface area contributed by atoms with E-state index in [1.807, 2.05) is 0 Å². The van der Waals surface area contributed by atoms with Crippen LogP contribution >= 0.6 is 0 Å². The van der Waals surface area contributed by atoms with Crippen molar-refractivity contribution in [1.29, 1.82) is 0 Å². The number of alkyl halides is 2. The van der Waals surface area contributed by atoms with E-state index in [0.717, 1.165) is 11.1 Å². The molecule has 0 saturated heterocycles. The minimum absolute atomic E-state index is 0.00274. The summed E-state index contributed by atoms with van der Waals surface area (Å²) >= 11 is 0. The van der Waals surface area contributed by atoms with E-state index in [9.17, 15) is 23.5 Å². The van der Waals surface area contributed by atoms with Gasteiger partial charge in [0.2, 0.25) is 11.8 Å². The normalized spacial score (nSPS) is 22.5. The molecule has 1 atom stereocenters. The van der Waals surface area contributed by atoms with Crippen LogP contribution in [0.3, 0.4) is 0 Å². The quantitative estimate of drug-likeness (QED) is 0.858. The number of methoxy groups -OCH3 is 1. The lowest BCUT2D eigenvalue weighted by Crippen LogP contribution is -2.50. The van der Waals surface area contributed by atoms with Crippen molar-refractivity contribution in [2.45, 2.75) is 44.2 Å². The number of carbonyl (C=O) groups is 2. The largest absolute Gasteiger partial charge is 0.508 e. The summed E-state index contributed by atoms with van der Waals surface area (Å²) in [6, 6.07) is 4.04. The number of ether oxygens (including phenoxy) is 1. The molecule has 7 heteroatoms. The highest BCUT2D eigenvalue weighted by atomic mass is 19.3. The van der Waals surface area contributed by atoms with Gasteiger partial charge in [0.25, 0.3) is 0 Å². The second-order valence-electron chi connectivity index (χ2n) is 6.55. The number of fused-ring (bicyclic) bond motifs is 1. The molecule has 0 radical (unpaired) electrons. The van der Waals surface area contributed by atoms with E-state index in [1.54, 1.807) is 12.1 Å². The molecule has 1 saturated carbocycles. The Morgan fingerprint density at radius 2 is 2.04 bits per heavy atom. The van der Waals surface area contributed by atoms with Gasteiger partial charge >= 0.3 is 5.97 Å². The van der Waals surface area contributed by atoms with Crippen molar-refractivity contribution in [2.75, 3.05) is 7.11 Å². The number of aromatic hydroxyl groups is 1. The monoisotopic (exact) mass is 339 g/mol. The Bertz CT molecular complexity index is 669. The number of hydrogen-bond acceptors (Lipinski definition) is 4. The van der Waals surface area contributed by atoms with E-state index >= 15 is 0 Å². The van der Waals surface area contributed by atoms with Crippen LogP contribution in [0.25, 0.3) is 0 Å². The van der Waals surface area contributed by atoms with Gasteiger partial charge in [-0.2, -0.15) is 0 Å². The topological polar surface area (TPSA) is 66.8 Å². The van der Waals surface area contributed by atoms with Crippen molar-refractivity contribution in [2.24, 2.45) is 5.92 Å². The number of nitrogens with zero attached hydrogens (tertiary/aromatic N) is 1. The zero-order valence-electron chi connectivity index (χ0n) is 13.3. The fraction of sp³-hybridized carbons (Fsp3) is 0.529. The first-order chi connectivity index (χ1) is 11.3. The number of halogens is 2. The average Bonchev–Trinajstić information content (AvgIpc) is 2.51. The number of benzene rings is 1. The van der Waals surface area contributed by atoms with E-state index in [0.29, 0.717) is 0 Å². The van der Waals surface area contributed by atoms with Gasteiger partial charge in [0, 0.05) is 32.2 Å². The second-order valence-corrected chi connectivity index (χ2v) is 6.55. The van der Waals surface area contributed by atoms with E-state index < -0.39 is 17.9 Å². The van der Waals surface area contributed by atoms with Gasteiger partial charge in [-0.15, -0.1) is 0 Å². The van der Waals surface area contributed by atoms with Crippen molar-refractivity contribution in [3.05, 3.63) is 29.3 Å². The molecule has 0 aromatic heterocycles. The molecule has 2 aliphatic rings. The SMILES string of the molecule is COC(=O)C1Cc2ccc(O)cc2CN1C(=O)CC1CC(F)(F)C1. The smallest absolute Gasteiger partial charge is 0.328 e. The number of esters is 1. The van der Waals surface area contributed by atoms with Crippen LogP contribution in [0.4, 0.5) is 8.78 Å². The summed E-state index contributed by atoms with van der Waals surface area (Å²) < 4.78 is 30.7. The van der Waals surface area contributed by atoms with Gasteiger partial charge in [-0.25, -0.2) is 13.6 Å². The molecule has 0 bridgehead atoms. The minimum atomic E-state index is -2.67. The van der Waals surface area contributed by atoms with Crippen molar-refractivity contribution in [1.82, 2.24) is 4.90 Å². The van der Waals surface area contributed by atoms with Gasteiger partial charge in [0.1, 0.15) is 11.8 Å². The number of hydrogen-bond donors (Lipinski definition) is 1. The maximum absolute atomic E-state index is 13.0. The summed E-state index contributed by atoms with van der Waals surface area (Å²) in [7, 11) is 1.25. The zero-order valence-corrected chi connectivity index (χ0v) is 13.3. The van der Waals surface area contributed by atoms with Crippen molar-refractivity contribution in [3.8, 4) is 5.75 Å². The molecule has 1 unspecified atom stereocenters. The summed E-state index contributed by atoms with van der Waals surface area (Å²) in [6.45, 7) is 0.158. The lowest BCUT2D eigenvalue weighted by atomic mass is 9.78. The molecule has 24 heavy (non-hydrogen) atoms. The van der Waals surface area contributed by atoms with Crippen molar-refractivity contribution < 1.29 is 28.2 Å². The molecule has 1 heterocycles. The second kappa shape index (κ2) is 6.03. The molecule has 1 amide bonds. The number of carbonyl (C=O) groups excluding carboxylic acids is 2. The Morgan fingerprint density at radius 3 is 2.67 bits per heavy atom. The summed E-state index contributed by atoms with van der Waals surface area (Å²) in [4.78, 5) is 26.0. The van der Waals surface area contributed by atoms with Gasteiger partial charge in [0.05, 0.1) is 7.11 Å². The fourth-order valence-corrected chi connectivity index (χ4v) is 3.47. The Labute approximate surface area is 138 Å². The first kappa shape index (κ1) is 16.7. The highest BCUT2D eigenvalue weighted by Crippen LogP contribution is 2.44. The molecule has 130 valence electrons. The molecule has 1 aliphatic heterocycles. The van der Waals surface area contributed by atoms with Crippen molar-refractivity contribution >= 4 is 11.9 Å². The molecule has 1 fully saturated rings. The Hall–Kier alpha value is -2.18. The molecule has 0 spiro atoms. The Kier molecular flexibility index (Phi) is 4.19. The highest BCUT2D eigenvalue weighted by Gasteiger charge is 2.47. The predicted molar refractivity (Wildman–Crippen MR) is 80.5 cm³/mol. The third-order valence-electron chi connectivity index (χ3n) is 4.75. The number of amides is 1. The summed E-state index contributed by atoms with van der Waals surface area (Å²) in [5.41, 5.74) is 1.62. The third-order valence-corrected chi connectivity index (χ3v) is 4.75. The first-order valence-corrected chi connectivity index (χ1v) is 7.85. The van der Waals surface area contributed by atoms with Crippen LogP contribution in [-0.4, -0.2) is 41.0 Å². The van der Waals surface area contributed by atoms with Crippen LogP contribution in [-0.2, 0) is 27.3 Å². The summed E-state index contributed by atoms with van der Waals surface area (Å²) in [6.07, 6.45) is -0.286. The van der Waals surface area contributed by atoms with Crippen LogP contribution in [0, 0.1) is 5.92 Å². The molecule has 1 N–H and O–H groups in total. The average molecular weight is 339 g/mol. The zero-order chi connectivity index (χ0) is 17.5. The maximum Gasteiger partial charge on any atom is 0.328 e. The lowest BCUT2D eigenvalue weighted by molar-refractivity contribution is -0.157. The summed E-state index contributed by atoms with van der Waals surface area (Å²) in [5, 5.41) is 9.61. The first-order valence-electron chi connectivity index (χ1n) is 7.85. The molecule has 5 nitrogen and oxygen atoms in total. The third kappa shape index (κ3) is 3.20. The fourth-order valence-electron chi connectivity index (χ4n) is 3.47. The molecule has 1 aromatic rings. The molecular weight excluding hydrogens is 320 g/mol. The van der Waals surface area contributed by atoms with Crippen LogP contribution in [0.5, 0.6) is 5.75 Å². The number of rotatable bonds is 3. The van der Waals surface area contributed by atoms with Crippen LogP contribution in [0.2, 0.25) is 0 Å². The van der Waals surface area contributed by atoms with Gasteiger partial charge < -0.3 is 14.7 Å². The number of phenolic OH excluding ortho intramolecular Hbond substituents is 1. The van der Waals surface area contributed by atoms with Crippen LogP contribution < -0.4 is 0 Å². The molecule has 3 rings (SSSR count). The van der Waals surface area contributed by atoms with Crippen LogP contribution in [0.15, 0.2) is 18.2 Å². The Morgan fingerprint density at radius 1 is 1.33 bits per heavy atom. The van der Waals surface area contributed by atoms with Gasteiger partial charge in [0.15, 0.2) is 0 Å². The maximum atomic E-state index is 13.0. The summed E-state index contributed by atoms with van der Waals surface area (Å²) in [5.74, 6) is -3.80. The van der Waals surface area contributed by atoms with Gasteiger partial charge in [-0.1, -0.05) is 6.07 Å². The predicted octanol–water partition coefficient (Wildman–Crippen LogP) is 2.25. The van der Waals surface area contributed by atoms with E-state index in [1.165, 1.54) is 18.1 Å². The molecular formula is C17H19F2NO4. The molecule has 1 aromatic carbocycles. The Balaban J connectivity index is 1.78.